The summed E-state index contributed by atoms with van der Waals surface area (Å²) in [6.07, 6.45) is 3.73. The first-order chi connectivity index (χ1) is 6.93. The van der Waals surface area contributed by atoms with E-state index in [-0.39, 0.29) is 10.8 Å². The van der Waals surface area contributed by atoms with E-state index in [9.17, 15) is 0 Å². The first kappa shape index (κ1) is 11.6. The highest BCUT2D eigenvalue weighted by Gasteiger charge is 2.61. The molecule has 0 radical (unpaired) electrons. The zero-order valence-corrected chi connectivity index (χ0v) is 11.4. The van der Waals surface area contributed by atoms with Crippen molar-refractivity contribution in [1.82, 2.24) is 0 Å². The van der Waals surface area contributed by atoms with Crippen molar-refractivity contribution in [2.45, 2.75) is 33.3 Å². The second-order valence-corrected chi connectivity index (χ2v) is 6.30. The molecule has 0 N–H and O–H groups in total. The lowest BCUT2D eigenvalue weighted by Gasteiger charge is -2.37. The fourth-order valence-corrected chi connectivity index (χ4v) is 4.29. The van der Waals surface area contributed by atoms with Gasteiger partial charge in [0.25, 0.3) is 0 Å². The number of hydrogen-bond donors (Lipinski definition) is 0. The van der Waals surface area contributed by atoms with Gasteiger partial charge in [-0.3, -0.25) is 0 Å². The Labute approximate surface area is 100 Å². The smallest absolute Gasteiger partial charge is 0.146 e. The molecule has 15 heavy (non-hydrogen) atoms. The summed E-state index contributed by atoms with van der Waals surface area (Å²) in [5, 5.41) is 0. The second-order valence-electron chi connectivity index (χ2n) is 5.38. The van der Waals surface area contributed by atoms with Crippen LogP contribution in [0.4, 0.5) is 0 Å². The summed E-state index contributed by atoms with van der Waals surface area (Å²) in [6.45, 7) is 7.35. The van der Waals surface area contributed by atoms with Gasteiger partial charge < -0.3 is 9.47 Å². The van der Waals surface area contributed by atoms with Crippen molar-refractivity contribution in [3.8, 4) is 0 Å². The van der Waals surface area contributed by atoms with Crippen molar-refractivity contribution < 1.29 is 9.47 Å². The lowest BCUT2D eigenvalue weighted by molar-refractivity contribution is -0.105. The highest BCUT2D eigenvalue weighted by molar-refractivity contribution is 9.11. The number of rotatable bonds is 3. The van der Waals surface area contributed by atoms with Gasteiger partial charge in [-0.15, -0.1) is 0 Å². The van der Waals surface area contributed by atoms with Crippen LogP contribution in [-0.2, 0) is 9.47 Å². The van der Waals surface area contributed by atoms with Gasteiger partial charge in [0, 0.05) is 12.5 Å². The highest BCUT2D eigenvalue weighted by Crippen LogP contribution is 2.66. The molecule has 2 bridgehead atoms. The first-order valence-electron chi connectivity index (χ1n) is 5.42. The number of halogens is 1. The molecule has 0 heterocycles. The molecule has 0 aromatic rings. The molecule has 0 unspecified atom stereocenters. The van der Waals surface area contributed by atoms with Crippen LogP contribution in [0, 0.1) is 16.7 Å². The Hall–Kier alpha value is 0.140. The molecule has 1 saturated carbocycles. The van der Waals surface area contributed by atoms with Gasteiger partial charge in [0.05, 0.1) is 6.10 Å². The van der Waals surface area contributed by atoms with Crippen molar-refractivity contribution in [3.63, 3.8) is 0 Å². The van der Waals surface area contributed by atoms with Crippen molar-refractivity contribution >= 4 is 15.9 Å². The van der Waals surface area contributed by atoms with E-state index in [2.05, 4.69) is 42.8 Å². The van der Waals surface area contributed by atoms with Gasteiger partial charge in [-0.1, -0.05) is 42.8 Å². The maximum atomic E-state index is 5.79. The molecule has 0 aliphatic heterocycles. The molecule has 1 fully saturated rings. The van der Waals surface area contributed by atoms with Crippen molar-refractivity contribution in [2.75, 3.05) is 13.9 Å². The number of fused-ring (bicyclic) bond motifs is 2. The summed E-state index contributed by atoms with van der Waals surface area (Å²) < 4.78 is 12.1. The van der Waals surface area contributed by atoms with Crippen LogP contribution in [0.5, 0.6) is 0 Å². The minimum Gasteiger partial charge on any atom is -0.359 e. The zero-order chi connectivity index (χ0) is 11.3. The Morgan fingerprint density at radius 1 is 1.47 bits per heavy atom. The molecule has 3 heteroatoms. The molecule has 2 aliphatic carbocycles. The summed E-state index contributed by atoms with van der Waals surface area (Å²) in [7, 11) is 1.67. The maximum absolute atomic E-state index is 5.79. The SMILES string of the molecule is COCO[C@@H]1C[C@@H]2C(Br)=C[C@@]1(C)C2(C)C. The number of ether oxygens (including phenoxy) is 2. The van der Waals surface area contributed by atoms with Gasteiger partial charge in [-0.05, 0) is 22.2 Å². The van der Waals surface area contributed by atoms with Crippen LogP contribution in [0.25, 0.3) is 0 Å². The molecule has 3 atom stereocenters. The Morgan fingerprint density at radius 3 is 2.53 bits per heavy atom. The Balaban J connectivity index is 2.22. The van der Waals surface area contributed by atoms with Crippen LogP contribution in [0.1, 0.15) is 27.2 Å². The quantitative estimate of drug-likeness (QED) is 0.736. The van der Waals surface area contributed by atoms with Gasteiger partial charge in [-0.25, -0.2) is 0 Å². The average Bonchev–Trinajstić information content (AvgIpc) is 2.43. The van der Waals surface area contributed by atoms with E-state index in [1.54, 1.807) is 7.11 Å². The fourth-order valence-electron chi connectivity index (χ4n) is 3.06. The van der Waals surface area contributed by atoms with Crippen LogP contribution in [0.3, 0.4) is 0 Å². The summed E-state index contributed by atoms with van der Waals surface area (Å²) in [5.74, 6) is 0.601. The van der Waals surface area contributed by atoms with Gasteiger partial charge in [-0.2, -0.15) is 0 Å². The van der Waals surface area contributed by atoms with Gasteiger partial charge in [0.1, 0.15) is 6.79 Å². The molecule has 0 saturated heterocycles. The molecule has 0 aromatic heterocycles. The van der Waals surface area contributed by atoms with E-state index in [4.69, 9.17) is 9.47 Å². The number of methoxy groups -OCH3 is 1. The summed E-state index contributed by atoms with van der Waals surface area (Å²) in [6, 6.07) is 0. The fraction of sp³-hybridized carbons (Fsp3) is 0.833. The monoisotopic (exact) mass is 274 g/mol. The number of allylic oxidation sites excluding steroid dienone is 1. The van der Waals surface area contributed by atoms with E-state index in [1.807, 2.05) is 0 Å². The third-order valence-corrected chi connectivity index (χ3v) is 5.32. The lowest BCUT2D eigenvalue weighted by atomic mass is 9.70. The van der Waals surface area contributed by atoms with Crippen LogP contribution < -0.4 is 0 Å². The first-order valence-corrected chi connectivity index (χ1v) is 6.21. The van der Waals surface area contributed by atoms with Gasteiger partial charge >= 0.3 is 0 Å². The van der Waals surface area contributed by atoms with Crippen LogP contribution in [0.2, 0.25) is 0 Å². The van der Waals surface area contributed by atoms with E-state index in [0.717, 1.165) is 6.42 Å². The summed E-state index contributed by atoms with van der Waals surface area (Å²) in [4.78, 5) is 0. The van der Waals surface area contributed by atoms with Gasteiger partial charge in [0.2, 0.25) is 0 Å². The van der Waals surface area contributed by atoms with Crippen LogP contribution in [-0.4, -0.2) is 20.0 Å². The molecule has 2 aliphatic rings. The van der Waals surface area contributed by atoms with E-state index < -0.39 is 0 Å². The van der Waals surface area contributed by atoms with Crippen molar-refractivity contribution in [1.29, 1.82) is 0 Å². The standard InChI is InChI=1S/C12H19BrO2/c1-11(2)8-5-10(15-7-14-4)12(11,3)6-9(8)13/h6,8,10H,5,7H2,1-4H3/t8-,10-,12-/m1/s1. The van der Waals surface area contributed by atoms with Crippen LogP contribution >= 0.6 is 15.9 Å². The minimum atomic E-state index is 0.134. The van der Waals surface area contributed by atoms with E-state index >= 15 is 0 Å². The Kier molecular flexibility index (Phi) is 2.77. The molecule has 86 valence electrons. The molecule has 0 spiro atoms. The summed E-state index contributed by atoms with van der Waals surface area (Å²) >= 11 is 3.68. The Morgan fingerprint density at radius 2 is 2.13 bits per heavy atom. The molecular weight excluding hydrogens is 256 g/mol. The average molecular weight is 275 g/mol. The molecule has 2 rings (SSSR count). The molecule has 2 nitrogen and oxygen atoms in total. The molecular formula is C12H19BrO2. The predicted octanol–water partition coefficient (Wildman–Crippen LogP) is 3.32. The van der Waals surface area contributed by atoms with Gasteiger partial charge in [0.15, 0.2) is 0 Å². The molecule has 0 aromatic carbocycles. The van der Waals surface area contributed by atoms with Crippen LogP contribution in [0.15, 0.2) is 10.6 Å². The van der Waals surface area contributed by atoms with E-state index in [0.29, 0.717) is 18.8 Å². The van der Waals surface area contributed by atoms with E-state index in [1.165, 1.54) is 4.48 Å². The molecule has 0 amide bonds. The normalized spacial score (nSPS) is 42.1. The van der Waals surface area contributed by atoms with Crippen molar-refractivity contribution in [2.24, 2.45) is 16.7 Å². The summed E-state index contributed by atoms with van der Waals surface area (Å²) in [5.41, 5.74) is 0.416. The zero-order valence-electron chi connectivity index (χ0n) is 9.84. The predicted molar refractivity (Wildman–Crippen MR) is 63.8 cm³/mol. The van der Waals surface area contributed by atoms with Crippen molar-refractivity contribution in [3.05, 3.63) is 10.6 Å². The minimum absolute atomic E-state index is 0.134. The highest BCUT2D eigenvalue weighted by atomic mass is 79.9. The lowest BCUT2D eigenvalue weighted by Crippen LogP contribution is -2.36. The largest absolute Gasteiger partial charge is 0.359 e. The maximum Gasteiger partial charge on any atom is 0.146 e. The Bertz CT molecular complexity index is 298. The second kappa shape index (κ2) is 3.57. The number of hydrogen-bond acceptors (Lipinski definition) is 2. The third-order valence-electron chi connectivity index (χ3n) is 4.54. The third kappa shape index (κ3) is 1.43. The topological polar surface area (TPSA) is 18.5 Å².